The van der Waals surface area contributed by atoms with Gasteiger partial charge in [0, 0.05) is 36.5 Å². The Morgan fingerprint density at radius 2 is 1.81 bits per heavy atom. The number of nitrogens with two attached hydrogens (primary N) is 1. The Bertz CT molecular complexity index is 836. The number of rotatable bonds is 5. The third-order valence-corrected chi connectivity index (χ3v) is 4.14. The topological polar surface area (TPSA) is 115 Å². The number of carboxylic acids is 2. The molecular weight excluding hydrogens is 348 g/mol. The number of aromatic nitrogens is 1. The average molecular weight is 372 g/mol. The molecule has 4 N–H and O–H groups in total. The molecule has 0 spiro atoms. The molecule has 0 saturated carbocycles. The molecule has 0 aliphatic heterocycles. The molecule has 0 amide bonds. The molecule has 3 rings (SSSR count). The third kappa shape index (κ3) is 5.46. The second kappa shape index (κ2) is 9.05. The van der Waals surface area contributed by atoms with Gasteiger partial charge in [-0.2, -0.15) is 0 Å². The van der Waals surface area contributed by atoms with E-state index in [0.29, 0.717) is 12.2 Å². The minimum Gasteiger partial charge on any atom is -0.497 e. The fourth-order valence-electron chi connectivity index (χ4n) is 3.04. The van der Waals surface area contributed by atoms with E-state index in [1.165, 1.54) is 22.4 Å². The lowest BCUT2D eigenvalue weighted by Crippen LogP contribution is -2.22. The van der Waals surface area contributed by atoms with Crippen molar-refractivity contribution in [1.82, 2.24) is 4.57 Å². The summed E-state index contributed by atoms with van der Waals surface area (Å²) < 4.78 is 7.63. The predicted octanol–water partition coefficient (Wildman–Crippen LogP) is 2.32. The van der Waals surface area contributed by atoms with Crippen molar-refractivity contribution in [2.24, 2.45) is 5.73 Å². The van der Waals surface area contributed by atoms with E-state index in [0.717, 1.165) is 25.1 Å². The number of ether oxygens (including phenoxy) is 1. The Labute approximate surface area is 157 Å². The number of carboxylic acid groups (broad SMARTS) is 2. The van der Waals surface area contributed by atoms with Crippen molar-refractivity contribution in [3.8, 4) is 17.0 Å². The highest BCUT2D eigenvalue weighted by Crippen LogP contribution is 2.36. The number of hydrogen-bond acceptors (Lipinski definition) is 4. The summed E-state index contributed by atoms with van der Waals surface area (Å²) in [6.07, 6.45) is 5.49. The zero-order chi connectivity index (χ0) is 20.0. The lowest BCUT2D eigenvalue weighted by molar-refractivity contribution is -0.134. The second-order valence-electron chi connectivity index (χ2n) is 6.35. The first-order valence-electron chi connectivity index (χ1n) is 8.56. The normalized spacial score (nSPS) is 13.1. The summed E-state index contributed by atoms with van der Waals surface area (Å²) in [7, 11) is 1.71. The maximum atomic E-state index is 9.55. The fraction of sp³-hybridized carbons (Fsp3) is 0.300. The van der Waals surface area contributed by atoms with E-state index in [9.17, 15) is 9.59 Å². The molecular formula is C20H24N2O5. The molecule has 1 heterocycles. The summed E-state index contributed by atoms with van der Waals surface area (Å²) in [6.45, 7) is 2.90. The molecule has 0 bridgehead atoms. The number of benzene rings is 1. The van der Waals surface area contributed by atoms with Crippen molar-refractivity contribution in [3.63, 3.8) is 0 Å². The molecule has 2 aromatic rings. The molecule has 1 aromatic carbocycles. The fourth-order valence-corrected chi connectivity index (χ4v) is 3.04. The van der Waals surface area contributed by atoms with Crippen LogP contribution in [-0.4, -0.2) is 39.9 Å². The quantitative estimate of drug-likeness (QED) is 0.694. The predicted molar refractivity (Wildman–Crippen MR) is 102 cm³/mol. The number of aliphatic carboxylic acids is 2. The molecule has 7 nitrogen and oxygen atoms in total. The highest BCUT2D eigenvalue weighted by atomic mass is 16.5. The maximum absolute atomic E-state index is 9.55. The second-order valence-corrected chi connectivity index (χ2v) is 6.35. The first kappa shape index (κ1) is 20.3. The van der Waals surface area contributed by atoms with Gasteiger partial charge in [-0.3, -0.25) is 0 Å². The number of hydrogen-bond donors (Lipinski definition) is 3. The summed E-state index contributed by atoms with van der Waals surface area (Å²) in [5.41, 5.74) is 11.4. The smallest absolute Gasteiger partial charge is 0.328 e. The van der Waals surface area contributed by atoms with Gasteiger partial charge in [-0.15, -0.1) is 0 Å². The molecule has 144 valence electrons. The molecule has 1 aliphatic rings. The van der Waals surface area contributed by atoms with Crippen LogP contribution in [0.2, 0.25) is 0 Å². The van der Waals surface area contributed by atoms with E-state index in [1.54, 1.807) is 7.11 Å². The minimum absolute atomic E-state index is 0.160. The van der Waals surface area contributed by atoms with Crippen LogP contribution >= 0.6 is 0 Å². The summed E-state index contributed by atoms with van der Waals surface area (Å²) in [6, 6.07) is 8.75. The minimum atomic E-state index is -1.26. The first-order chi connectivity index (χ1) is 12.8. The molecule has 27 heavy (non-hydrogen) atoms. The van der Waals surface area contributed by atoms with E-state index >= 15 is 0 Å². The summed E-state index contributed by atoms with van der Waals surface area (Å²) >= 11 is 0. The van der Waals surface area contributed by atoms with Gasteiger partial charge in [-0.25, -0.2) is 9.59 Å². The van der Waals surface area contributed by atoms with Crippen LogP contribution in [0, 0.1) is 0 Å². The molecule has 1 atom stereocenters. The van der Waals surface area contributed by atoms with Crippen molar-refractivity contribution in [1.29, 1.82) is 0 Å². The zero-order valence-electron chi connectivity index (χ0n) is 15.4. The van der Waals surface area contributed by atoms with E-state index in [1.807, 2.05) is 13.0 Å². The van der Waals surface area contributed by atoms with Crippen LogP contribution < -0.4 is 10.5 Å². The highest BCUT2D eigenvalue weighted by molar-refractivity contribution is 5.89. The van der Waals surface area contributed by atoms with E-state index in [2.05, 4.69) is 29.0 Å². The van der Waals surface area contributed by atoms with E-state index < -0.39 is 11.9 Å². The van der Waals surface area contributed by atoms with Crippen LogP contribution in [0.5, 0.6) is 5.75 Å². The van der Waals surface area contributed by atoms with Crippen LogP contribution in [0.15, 0.2) is 42.6 Å². The Balaban J connectivity index is 0.000000279. The number of fused-ring (bicyclic) bond motifs is 3. The van der Waals surface area contributed by atoms with Gasteiger partial charge < -0.3 is 25.3 Å². The molecule has 0 fully saturated rings. The number of methoxy groups -OCH3 is 1. The van der Waals surface area contributed by atoms with Gasteiger partial charge in [0.1, 0.15) is 5.75 Å². The Morgan fingerprint density at radius 3 is 2.37 bits per heavy atom. The van der Waals surface area contributed by atoms with Gasteiger partial charge >= 0.3 is 11.9 Å². The molecule has 0 unspecified atom stereocenters. The van der Waals surface area contributed by atoms with Gasteiger partial charge in [0.25, 0.3) is 0 Å². The monoisotopic (exact) mass is 372 g/mol. The summed E-state index contributed by atoms with van der Waals surface area (Å²) in [5, 5.41) is 15.6. The van der Waals surface area contributed by atoms with Crippen LogP contribution in [-0.2, 0) is 29.0 Å². The zero-order valence-corrected chi connectivity index (χ0v) is 15.4. The van der Waals surface area contributed by atoms with Crippen molar-refractivity contribution < 1.29 is 24.5 Å². The SMILES string of the molecule is COc1ccc2c(c1)-c1c(ccn1C[C@@H](C)N)CC2.O=C(O)/C=C/C(=O)O. The lowest BCUT2D eigenvalue weighted by atomic mass is 9.90. The number of nitrogens with zero attached hydrogens (tertiary/aromatic N) is 1. The average Bonchev–Trinajstić information content (AvgIpc) is 3.02. The highest BCUT2D eigenvalue weighted by Gasteiger charge is 2.20. The van der Waals surface area contributed by atoms with Crippen LogP contribution in [0.25, 0.3) is 11.3 Å². The molecule has 1 aromatic heterocycles. The number of carbonyl (C=O) groups is 2. The van der Waals surface area contributed by atoms with Crippen molar-refractivity contribution >= 4 is 11.9 Å². The lowest BCUT2D eigenvalue weighted by Gasteiger charge is -2.21. The summed E-state index contributed by atoms with van der Waals surface area (Å²) in [4.78, 5) is 19.1. The van der Waals surface area contributed by atoms with Crippen molar-refractivity contribution in [3.05, 3.63) is 53.7 Å². The third-order valence-electron chi connectivity index (χ3n) is 4.14. The molecule has 0 radical (unpaired) electrons. The van der Waals surface area contributed by atoms with Gasteiger partial charge in [-0.1, -0.05) is 6.07 Å². The largest absolute Gasteiger partial charge is 0.497 e. The Morgan fingerprint density at radius 1 is 1.19 bits per heavy atom. The van der Waals surface area contributed by atoms with Crippen LogP contribution in [0.1, 0.15) is 18.1 Å². The van der Waals surface area contributed by atoms with Gasteiger partial charge in [-0.05, 0) is 49.1 Å². The van der Waals surface area contributed by atoms with Gasteiger partial charge in [0.15, 0.2) is 0 Å². The van der Waals surface area contributed by atoms with Crippen LogP contribution in [0.4, 0.5) is 0 Å². The standard InChI is InChI=1S/C16H20N2O.C4H4O4/c1-11(17)10-18-8-7-13-4-3-12-5-6-14(19-2)9-15(12)16(13)18;5-3(6)1-2-4(7)8/h5-9,11H,3-4,10,17H2,1-2H3;1-2H,(H,5,6)(H,7,8)/b;2-1+/t11-;/m1./s1. The summed E-state index contributed by atoms with van der Waals surface area (Å²) in [5.74, 6) is -1.60. The van der Waals surface area contributed by atoms with Crippen LogP contribution in [0.3, 0.4) is 0 Å². The first-order valence-corrected chi connectivity index (χ1v) is 8.56. The molecule has 1 aliphatic carbocycles. The molecule has 7 heteroatoms. The van der Waals surface area contributed by atoms with E-state index in [4.69, 9.17) is 20.7 Å². The van der Waals surface area contributed by atoms with Crippen molar-refractivity contribution in [2.75, 3.05) is 7.11 Å². The molecule has 0 saturated heterocycles. The van der Waals surface area contributed by atoms with Crippen molar-refractivity contribution in [2.45, 2.75) is 32.4 Å². The number of aryl methyl sites for hydroxylation is 2. The van der Waals surface area contributed by atoms with Gasteiger partial charge in [0.05, 0.1) is 12.8 Å². The Kier molecular flexibility index (Phi) is 6.79. The van der Waals surface area contributed by atoms with E-state index in [-0.39, 0.29) is 6.04 Å². The Hall–Kier alpha value is -3.06. The maximum Gasteiger partial charge on any atom is 0.328 e. The van der Waals surface area contributed by atoms with Gasteiger partial charge in [0.2, 0.25) is 0 Å².